The van der Waals surface area contributed by atoms with Gasteiger partial charge in [-0.3, -0.25) is 9.48 Å². The lowest BCUT2D eigenvalue weighted by molar-refractivity contribution is -0.604. The quantitative estimate of drug-likeness (QED) is 0.370. The van der Waals surface area contributed by atoms with Gasteiger partial charge in [0.2, 0.25) is 5.91 Å². The van der Waals surface area contributed by atoms with Crippen molar-refractivity contribution in [2.24, 2.45) is 18.9 Å². The highest BCUT2D eigenvalue weighted by molar-refractivity contribution is 5.97. The van der Waals surface area contributed by atoms with Crippen molar-refractivity contribution >= 4 is 22.5 Å². The van der Waals surface area contributed by atoms with Crippen LogP contribution in [0.25, 0.3) is 21.9 Å². The van der Waals surface area contributed by atoms with E-state index in [0.29, 0.717) is 27.1 Å². The standard InChI is InChI=1S/C25H24FN5O2/c1-4-18-23(17-11-28-30(3)12-17)24(18)25(32)29-22-9-15-7-19(21(26)8-16(15)10-27-22)20-13-31(33)6-5-14(20)2/h5-13,18,23-24H,4H2,1-3H3,(H,27,29,32)/t18-,23?,24?/m1/s1. The normalized spacial score (nSPS) is 19.6. The molecular weight excluding hydrogens is 421 g/mol. The summed E-state index contributed by atoms with van der Waals surface area (Å²) in [7, 11) is 1.87. The molecule has 0 radical (unpaired) electrons. The molecule has 0 bridgehead atoms. The number of aryl methyl sites for hydroxylation is 2. The van der Waals surface area contributed by atoms with Crippen LogP contribution in [0, 0.1) is 29.8 Å². The molecule has 0 aliphatic heterocycles. The van der Waals surface area contributed by atoms with Crippen LogP contribution in [0.3, 0.4) is 0 Å². The van der Waals surface area contributed by atoms with Crippen molar-refractivity contribution in [2.45, 2.75) is 26.2 Å². The van der Waals surface area contributed by atoms with Crippen LogP contribution >= 0.6 is 0 Å². The summed E-state index contributed by atoms with van der Waals surface area (Å²) in [6.07, 6.45) is 8.98. The number of amides is 1. The Bertz CT molecular complexity index is 1380. The van der Waals surface area contributed by atoms with Gasteiger partial charge in [-0.2, -0.15) is 9.83 Å². The molecule has 5 rings (SSSR count). The molecule has 168 valence electrons. The van der Waals surface area contributed by atoms with Crippen LogP contribution in [0.2, 0.25) is 0 Å². The number of hydrogen-bond acceptors (Lipinski definition) is 4. The molecule has 1 N–H and O–H groups in total. The first-order valence-electron chi connectivity index (χ1n) is 10.9. The number of pyridine rings is 2. The van der Waals surface area contributed by atoms with E-state index < -0.39 is 5.82 Å². The number of nitrogens with one attached hydrogen (secondary N) is 1. The van der Waals surface area contributed by atoms with Crippen LogP contribution in [0.4, 0.5) is 10.2 Å². The first-order valence-corrected chi connectivity index (χ1v) is 10.9. The smallest absolute Gasteiger partial charge is 0.229 e. The van der Waals surface area contributed by atoms with Gasteiger partial charge in [-0.1, -0.05) is 13.3 Å². The largest absolute Gasteiger partial charge is 0.619 e. The lowest BCUT2D eigenvalue weighted by Crippen LogP contribution is -2.24. The van der Waals surface area contributed by atoms with Gasteiger partial charge in [-0.25, -0.2) is 9.37 Å². The van der Waals surface area contributed by atoms with Gasteiger partial charge >= 0.3 is 0 Å². The molecule has 3 heterocycles. The summed E-state index contributed by atoms with van der Waals surface area (Å²) in [6, 6.07) is 6.48. The van der Waals surface area contributed by atoms with Crippen molar-refractivity contribution in [3.8, 4) is 11.1 Å². The minimum Gasteiger partial charge on any atom is -0.619 e. The van der Waals surface area contributed by atoms with Gasteiger partial charge in [0, 0.05) is 48.3 Å². The number of rotatable bonds is 5. The predicted molar refractivity (Wildman–Crippen MR) is 123 cm³/mol. The highest BCUT2D eigenvalue weighted by atomic mass is 19.1. The molecule has 1 fully saturated rings. The van der Waals surface area contributed by atoms with Crippen LogP contribution in [-0.2, 0) is 11.8 Å². The second-order valence-electron chi connectivity index (χ2n) is 8.71. The summed E-state index contributed by atoms with van der Waals surface area (Å²) in [6.45, 7) is 3.92. The predicted octanol–water partition coefficient (Wildman–Crippen LogP) is 4.09. The summed E-state index contributed by atoms with van der Waals surface area (Å²) in [4.78, 5) is 17.3. The number of carbonyl (C=O) groups excluding carboxylic acids is 1. The Kier molecular flexibility index (Phi) is 5.08. The van der Waals surface area contributed by atoms with Gasteiger partial charge in [0.1, 0.15) is 11.6 Å². The van der Waals surface area contributed by atoms with Crippen LogP contribution in [0.1, 0.15) is 30.4 Å². The maximum Gasteiger partial charge on any atom is 0.229 e. The second kappa shape index (κ2) is 7.95. The lowest BCUT2D eigenvalue weighted by atomic mass is 9.99. The van der Waals surface area contributed by atoms with Crippen molar-refractivity contribution in [3.05, 3.63) is 77.4 Å². The van der Waals surface area contributed by atoms with E-state index in [1.165, 1.54) is 18.5 Å². The summed E-state index contributed by atoms with van der Waals surface area (Å²) < 4.78 is 17.2. The highest BCUT2D eigenvalue weighted by Crippen LogP contribution is 2.56. The van der Waals surface area contributed by atoms with Gasteiger partial charge in [-0.05, 0) is 47.6 Å². The summed E-state index contributed by atoms with van der Waals surface area (Å²) >= 11 is 0. The maximum absolute atomic E-state index is 14.8. The zero-order valence-electron chi connectivity index (χ0n) is 18.6. The molecule has 1 aliphatic carbocycles. The molecule has 1 amide bonds. The second-order valence-corrected chi connectivity index (χ2v) is 8.71. The topological polar surface area (TPSA) is 86.8 Å². The van der Waals surface area contributed by atoms with E-state index in [4.69, 9.17) is 0 Å². The Morgan fingerprint density at radius 3 is 2.79 bits per heavy atom. The summed E-state index contributed by atoms with van der Waals surface area (Å²) in [5.41, 5.74) is 2.73. The number of hydrogen-bond donors (Lipinski definition) is 1. The van der Waals surface area contributed by atoms with Crippen LogP contribution in [-0.4, -0.2) is 20.7 Å². The van der Waals surface area contributed by atoms with Gasteiger partial charge in [0.15, 0.2) is 12.4 Å². The Labute approximate surface area is 190 Å². The van der Waals surface area contributed by atoms with Gasteiger partial charge in [0.25, 0.3) is 0 Å². The van der Waals surface area contributed by atoms with Crippen LogP contribution in [0.15, 0.2) is 55.2 Å². The Balaban J connectivity index is 1.43. The average molecular weight is 445 g/mol. The van der Waals surface area contributed by atoms with Gasteiger partial charge < -0.3 is 10.5 Å². The van der Waals surface area contributed by atoms with Crippen molar-refractivity contribution < 1.29 is 13.9 Å². The molecule has 3 aromatic heterocycles. The first kappa shape index (κ1) is 21.1. The molecule has 1 saturated carbocycles. The third-order valence-electron chi connectivity index (χ3n) is 6.55. The lowest BCUT2D eigenvalue weighted by Gasteiger charge is -2.10. The number of halogens is 1. The number of aromatic nitrogens is 4. The molecule has 8 heteroatoms. The Morgan fingerprint density at radius 1 is 1.24 bits per heavy atom. The highest BCUT2D eigenvalue weighted by Gasteiger charge is 2.54. The number of carbonyl (C=O) groups is 1. The van der Waals surface area contributed by atoms with Crippen molar-refractivity contribution in [1.29, 1.82) is 0 Å². The SMILES string of the molecule is CC[C@H]1C(C(=O)Nc2cc3cc(-c4c[n+]([O-])ccc4C)c(F)cc3cn2)C1c1cnn(C)c1. The summed E-state index contributed by atoms with van der Waals surface area (Å²) in [5.74, 6) is 0.218. The molecule has 1 aromatic carbocycles. The van der Waals surface area contributed by atoms with E-state index in [0.717, 1.165) is 22.9 Å². The van der Waals surface area contributed by atoms with Crippen molar-refractivity contribution in [2.75, 3.05) is 5.32 Å². The fourth-order valence-corrected chi connectivity index (χ4v) is 4.79. The minimum absolute atomic E-state index is 0.0730. The molecule has 3 atom stereocenters. The average Bonchev–Trinajstić information content (AvgIpc) is 3.38. The maximum atomic E-state index is 14.8. The fourth-order valence-electron chi connectivity index (χ4n) is 4.79. The number of nitrogens with zero attached hydrogens (tertiary/aromatic N) is 4. The van der Waals surface area contributed by atoms with Crippen molar-refractivity contribution in [3.63, 3.8) is 0 Å². The summed E-state index contributed by atoms with van der Waals surface area (Å²) in [5, 5.41) is 20.3. The molecule has 0 saturated heterocycles. The molecule has 4 aromatic rings. The van der Waals surface area contributed by atoms with E-state index in [-0.39, 0.29) is 23.7 Å². The van der Waals surface area contributed by atoms with E-state index in [2.05, 4.69) is 22.3 Å². The monoisotopic (exact) mass is 445 g/mol. The van der Waals surface area contributed by atoms with Crippen LogP contribution < -0.4 is 10.0 Å². The van der Waals surface area contributed by atoms with Crippen molar-refractivity contribution in [1.82, 2.24) is 14.8 Å². The zero-order valence-corrected chi connectivity index (χ0v) is 18.6. The fraction of sp³-hybridized carbons (Fsp3) is 0.280. The number of fused-ring (bicyclic) bond motifs is 1. The third kappa shape index (κ3) is 3.82. The Morgan fingerprint density at radius 2 is 2.06 bits per heavy atom. The number of benzene rings is 1. The minimum atomic E-state index is -0.432. The van der Waals surface area contributed by atoms with Crippen LogP contribution in [0.5, 0.6) is 0 Å². The molecule has 7 nitrogen and oxygen atoms in total. The van der Waals surface area contributed by atoms with E-state index >= 15 is 0 Å². The van der Waals surface area contributed by atoms with Gasteiger partial charge in [-0.15, -0.1) is 0 Å². The molecular formula is C25H24FN5O2. The molecule has 2 unspecified atom stereocenters. The molecule has 33 heavy (non-hydrogen) atoms. The van der Waals surface area contributed by atoms with E-state index in [1.807, 2.05) is 26.4 Å². The number of anilines is 1. The molecule has 1 aliphatic rings. The zero-order chi connectivity index (χ0) is 23.3. The van der Waals surface area contributed by atoms with E-state index in [9.17, 15) is 14.4 Å². The Hall–Kier alpha value is -3.81. The van der Waals surface area contributed by atoms with E-state index in [1.54, 1.807) is 29.1 Å². The molecule has 0 spiro atoms. The first-order chi connectivity index (χ1) is 15.9. The third-order valence-corrected chi connectivity index (χ3v) is 6.55. The van der Waals surface area contributed by atoms with Gasteiger partial charge in [0.05, 0.1) is 11.8 Å².